The molecule has 2 nitrogen and oxygen atoms in total. The van der Waals surface area contributed by atoms with Crippen LogP contribution < -0.4 is 0 Å². The van der Waals surface area contributed by atoms with Crippen molar-refractivity contribution in [3.8, 4) is 0 Å². The molecule has 0 radical (unpaired) electrons. The van der Waals surface area contributed by atoms with Crippen LogP contribution in [0.1, 0.15) is 34.1 Å². The molecule has 1 atom stereocenters. The Morgan fingerprint density at radius 2 is 2.00 bits per heavy atom. The lowest BCUT2D eigenvalue weighted by atomic mass is 9.83. The van der Waals surface area contributed by atoms with E-state index < -0.39 is 6.10 Å². The highest BCUT2D eigenvalue weighted by Crippen LogP contribution is 2.25. The van der Waals surface area contributed by atoms with Crippen LogP contribution in [0.4, 0.5) is 0 Å². The minimum Gasteiger partial charge on any atom is -0.392 e. The Hall–Kier alpha value is -0.340. The van der Waals surface area contributed by atoms with Gasteiger partial charge in [-0.1, -0.05) is 26.8 Å². The molecule has 0 aromatic rings. The maximum absolute atomic E-state index is 9.69. The Kier molecular flexibility index (Phi) is 4.50. The van der Waals surface area contributed by atoms with Crippen molar-refractivity contribution in [2.24, 2.45) is 5.41 Å². The molecule has 0 rings (SSSR count). The molecule has 0 aliphatic carbocycles. The summed E-state index contributed by atoms with van der Waals surface area (Å²) in [6.45, 7) is 7.91. The molecule has 0 saturated carbocycles. The van der Waals surface area contributed by atoms with Crippen LogP contribution in [0.2, 0.25) is 0 Å². The molecular formula is C10H20O2. The van der Waals surface area contributed by atoms with E-state index in [-0.39, 0.29) is 12.0 Å². The summed E-state index contributed by atoms with van der Waals surface area (Å²) >= 11 is 0. The molecule has 0 aromatic carbocycles. The average molecular weight is 172 g/mol. The van der Waals surface area contributed by atoms with Crippen LogP contribution in [0.25, 0.3) is 0 Å². The predicted octanol–water partition coefficient (Wildman–Crippen LogP) is 1.72. The smallest absolute Gasteiger partial charge is 0.0775 e. The van der Waals surface area contributed by atoms with Crippen molar-refractivity contribution in [2.45, 2.75) is 40.2 Å². The number of rotatable bonds is 4. The van der Waals surface area contributed by atoms with Crippen LogP contribution in [0.15, 0.2) is 11.6 Å². The summed E-state index contributed by atoms with van der Waals surface area (Å²) in [7, 11) is 0. The third-order valence-electron chi connectivity index (χ3n) is 2.40. The fourth-order valence-corrected chi connectivity index (χ4v) is 0.757. The lowest BCUT2D eigenvalue weighted by molar-refractivity contribution is 0.0863. The lowest BCUT2D eigenvalue weighted by Gasteiger charge is -2.27. The predicted molar refractivity (Wildman–Crippen MR) is 50.9 cm³/mol. The largest absolute Gasteiger partial charge is 0.392 e. The molecule has 0 aliphatic heterocycles. The molecular weight excluding hydrogens is 152 g/mol. The van der Waals surface area contributed by atoms with Crippen molar-refractivity contribution in [1.82, 2.24) is 0 Å². The molecule has 2 N–H and O–H groups in total. The fraction of sp³-hybridized carbons (Fsp3) is 0.800. The molecule has 0 aliphatic rings. The van der Waals surface area contributed by atoms with E-state index in [0.717, 1.165) is 12.0 Å². The molecule has 0 amide bonds. The van der Waals surface area contributed by atoms with Gasteiger partial charge in [0.25, 0.3) is 0 Å². The quantitative estimate of drug-likeness (QED) is 0.634. The van der Waals surface area contributed by atoms with E-state index in [0.29, 0.717) is 0 Å². The number of aliphatic hydroxyl groups is 2. The molecule has 0 heterocycles. The summed E-state index contributed by atoms with van der Waals surface area (Å²) in [5.41, 5.74) is 0.722. The van der Waals surface area contributed by atoms with Gasteiger partial charge in [-0.3, -0.25) is 0 Å². The van der Waals surface area contributed by atoms with Gasteiger partial charge in [0.2, 0.25) is 0 Å². The van der Waals surface area contributed by atoms with Gasteiger partial charge in [0.05, 0.1) is 12.7 Å². The molecule has 12 heavy (non-hydrogen) atoms. The summed E-state index contributed by atoms with van der Waals surface area (Å²) in [4.78, 5) is 0. The van der Waals surface area contributed by atoms with E-state index in [9.17, 15) is 5.11 Å². The van der Waals surface area contributed by atoms with Gasteiger partial charge in [-0.2, -0.15) is 0 Å². The van der Waals surface area contributed by atoms with Gasteiger partial charge in [0.15, 0.2) is 0 Å². The Bertz CT molecular complexity index is 159. The van der Waals surface area contributed by atoms with Crippen LogP contribution in [0.3, 0.4) is 0 Å². The number of hydrogen-bond donors (Lipinski definition) is 2. The highest BCUT2D eigenvalue weighted by molar-refractivity contribution is 5.04. The second kappa shape index (κ2) is 4.63. The van der Waals surface area contributed by atoms with Crippen LogP contribution in [0, 0.1) is 5.41 Å². The van der Waals surface area contributed by atoms with Gasteiger partial charge < -0.3 is 10.2 Å². The number of hydrogen-bond acceptors (Lipinski definition) is 2. The second-order valence-corrected chi connectivity index (χ2v) is 3.96. The molecule has 0 fully saturated rings. The van der Waals surface area contributed by atoms with E-state index in [2.05, 4.69) is 0 Å². The van der Waals surface area contributed by atoms with Crippen molar-refractivity contribution < 1.29 is 10.2 Å². The zero-order valence-electron chi connectivity index (χ0n) is 8.46. The van der Waals surface area contributed by atoms with Crippen LogP contribution >= 0.6 is 0 Å². The Morgan fingerprint density at radius 1 is 1.50 bits per heavy atom. The maximum atomic E-state index is 9.69. The molecule has 1 unspecified atom stereocenters. The first-order valence-corrected chi connectivity index (χ1v) is 4.40. The zero-order chi connectivity index (χ0) is 9.78. The fourth-order valence-electron chi connectivity index (χ4n) is 0.757. The normalized spacial score (nSPS) is 16.3. The lowest BCUT2D eigenvalue weighted by Crippen LogP contribution is -2.27. The summed E-state index contributed by atoms with van der Waals surface area (Å²) in [6, 6.07) is 0. The van der Waals surface area contributed by atoms with Crippen molar-refractivity contribution in [3.63, 3.8) is 0 Å². The Morgan fingerprint density at radius 3 is 2.33 bits per heavy atom. The van der Waals surface area contributed by atoms with E-state index in [4.69, 9.17) is 5.11 Å². The highest BCUT2D eigenvalue weighted by Gasteiger charge is 2.23. The van der Waals surface area contributed by atoms with Crippen LogP contribution in [0.5, 0.6) is 0 Å². The van der Waals surface area contributed by atoms with Gasteiger partial charge in [-0.15, -0.1) is 0 Å². The summed E-state index contributed by atoms with van der Waals surface area (Å²) in [6.07, 6.45) is 2.18. The van der Waals surface area contributed by atoms with E-state index >= 15 is 0 Å². The Balaban J connectivity index is 4.29. The van der Waals surface area contributed by atoms with Crippen molar-refractivity contribution in [2.75, 3.05) is 6.61 Å². The summed E-state index contributed by atoms with van der Waals surface area (Å²) in [5.74, 6) is 0. The standard InChI is InChI=1S/C10H20O2/c1-5-10(3,4)9(12)6-8(2)7-11/h6,9,11-12H,5,7H2,1-4H3. The maximum Gasteiger partial charge on any atom is 0.0775 e. The third-order valence-corrected chi connectivity index (χ3v) is 2.40. The first-order valence-electron chi connectivity index (χ1n) is 4.40. The van der Waals surface area contributed by atoms with E-state index in [1.807, 2.05) is 27.7 Å². The molecule has 0 spiro atoms. The van der Waals surface area contributed by atoms with Crippen LogP contribution in [-0.4, -0.2) is 22.9 Å². The van der Waals surface area contributed by atoms with Gasteiger partial charge in [-0.25, -0.2) is 0 Å². The number of aliphatic hydroxyl groups excluding tert-OH is 2. The Labute approximate surface area is 74.9 Å². The molecule has 0 saturated heterocycles. The average Bonchev–Trinajstić information content (AvgIpc) is 2.04. The van der Waals surface area contributed by atoms with Gasteiger partial charge >= 0.3 is 0 Å². The van der Waals surface area contributed by atoms with Gasteiger partial charge in [-0.05, 0) is 24.3 Å². The second-order valence-electron chi connectivity index (χ2n) is 3.96. The topological polar surface area (TPSA) is 40.5 Å². The molecule has 0 aromatic heterocycles. The monoisotopic (exact) mass is 172 g/mol. The zero-order valence-corrected chi connectivity index (χ0v) is 8.46. The first-order chi connectivity index (χ1) is 5.44. The minimum absolute atomic E-state index is 0.0247. The van der Waals surface area contributed by atoms with Crippen LogP contribution in [-0.2, 0) is 0 Å². The van der Waals surface area contributed by atoms with Crippen molar-refractivity contribution in [3.05, 3.63) is 11.6 Å². The molecule has 0 bridgehead atoms. The van der Waals surface area contributed by atoms with E-state index in [1.54, 1.807) is 6.08 Å². The third kappa shape index (κ3) is 3.37. The van der Waals surface area contributed by atoms with Crippen molar-refractivity contribution >= 4 is 0 Å². The molecule has 2 heteroatoms. The minimum atomic E-state index is -0.463. The van der Waals surface area contributed by atoms with Gasteiger partial charge in [0, 0.05) is 0 Å². The highest BCUT2D eigenvalue weighted by atomic mass is 16.3. The van der Waals surface area contributed by atoms with Gasteiger partial charge in [0.1, 0.15) is 0 Å². The molecule has 72 valence electrons. The SMILES string of the molecule is CCC(C)(C)C(O)C=C(C)CO. The van der Waals surface area contributed by atoms with Crippen molar-refractivity contribution in [1.29, 1.82) is 0 Å². The summed E-state index contributed by atoms with van der Waals surface area (Å²) in [5, 5.41) is 18.4. The summed E-state index contributed by atoms with van der Waals surface area (Å²) < 4.78 is 0. The first kappa shape index (κ1) is 11.7. The van der Waals surface area contributed by atoms with E-state index in [1.165, 1.54) is 0 Å².